The number of aryl methyl sites for hydroxylation is 1. The molecule has 0 atom stereocenters. The molecule has 0 saturated carbocycles. The zero-order valence-corrected chi connectivity index (χ0v) is 20.0. The molecule has 5 rings (SSSR count). The van der Waals surface area contributed by atoms with Crippen LogP contribution in [-0.2, 0) is 4.79 Å². The Kier molecular flexibility index (Phi) is 6.48. The van der Waals surface area contributed by atoms with Gasteiger partial charge in [-0.1, -0.05) is 42.5 Å². The molecule has 7 heteroatoms. The molecule has 3 aromatic carbocycles. The predicted molar refractivity (Wildman–Crippen MR) is 137 cm³/mol. The lowest BCUT2D eigenvalue weighted by Gasteiger charge is -2.35. The number of aromatic nitrogens is 2. The Morgan fingerprint density at radius 1 is 0.857 bits per heavy atom. The van der Waals surface area contributed by atoms with Gasteiger partial charge in [-0.15, -0.1) is 10.2 Å². The van der Waals surface area contributed by atoms with Gasteiger partial charge in [0.15, 0.2) is 23.9 Å². The third-order valence-electron chi connectivity index (χ3n) is 6.32. The molecule has 1 amide bonds. The fourth-order valence-electron chi connectivity index (χ4n) is 4.31. The van der Waals surface area contributed by atoms with Crippen molar-refractivity contribution in [3.8, 4) is 22.8 Å². The highest BCUT2D eigenvalue weighted by Crippen LogP contribution is 2.28. The second kappa shape index (κ2) is 10.0. The number of benzene rings is 3. The zero-order valence-electron chi connectivity index (χ0n) is 20.0. The Balaban J connectivity index is 1.17. The summed E-state index contributed by atoms with van der Waals surface area (Å²) in [7, 11) is 1.60. The normalized spacial score (nSPS) is 13.7. The van der Waals surface area contributed by atoms with E-state index in [0.717, 1.165) is 22.6 Å². The van der Waals surface area contributed by atoms with Crippen molar-refractivity contribution in [1.29, 1.82) is 0 Å². The fraction of sp³-hybridized carbons (Fsp3) is 0.250. The van der Waals surface area contributed by atoms with E-state index in [1.165, 1.54) is 10.8 Å². The molecule has 1 aliphatic rings. The average molecular weight is 469 g/mol. The summed E-state index contributed by atoms with van der Waals surface area (Å²) in [5.74, 6) is 1.99. The Bertz CT molecular complexity index is 1330. The van der Waals surface area contributed by atoms with Gasteiger partial charge in [-0.25, -0.2) is 0 Å². The zero-order chi connectivity index (χ0) is 24.2. The fourth-order valence-corrected chi connectivity index (χ4v) is 4.31. The minimum absolute atomic E-state index is 0.0142. The Hall–Kier alpha value is -4.13. The van der Waals surface area contributed by atoms with E-state index in [1.54, 1.807) is 7.11 Å². The predicted octanol–water partition coefficient (Wildman–Crippen LogP) is 4.34. The first kappa shape index (κ1) is 22.7. The number of fused-ring (bicyclic) bond motifs is 1. The molecule has 0 aliphatic carbocycles. The topological polar surface area (TPSA) is 67.8 Å². The average Bonchev–Trinajstić information content (AvgIpc) is 2.92. The number of nitrogens with zero attached hydrogens (tertiary/aromatic N) is 4. The van der Waals surface area contributed by atoms with Gasteiger partial charge in [0.05, 0.1) is 12.8 Å². The van der Waals surface area contributed by atoms with Crippen LogP contribution < -0.4 is 14.4 Å². The third-order valence-corrected chi connectivity index (χ3v) is 6.32. The second-order valence-electron chi connectivity index (χ2n) is 8.65. The first-order valence-corrected chi connectivity index (χ1v) is 11.7. The van der Waals surface area contributed by atoms with E-state index in [2.05, 4.69) is 45.4 Å². The Morgan fingerprint density at radius 2 is 1.66 bits per heavy atom. The number of piperazine rings is 1. The molecule has 35 heavy (non-hydrogen) atoms. The summed E-state index contributed by atoms with van der Waals surface area (Å²) in [6, 6.07) is 24.3. The van der Waals surface area contributed by atoms with Crippen LogP contribution >= 0.6 is 0 Å². The van der Waals surface area contributed by atoms with E-state index in [4.69, 9.17) is 9.47 Å². The van der Waals surface area contributed by atoms with E-state index in [9.17, 15) is 4.79 Å². The lowest BCUT2D eigenvalue weighted by atomic mass is 10.1. The third kappa shape index (κ3) is 5.04. The Labute approximate surface area is 204 Å². The summed E-state index contributed by atoms with van der Waals surface area (Å²) in [5.41, 5.74) is 2.96. The number of anilines is 1. The van der Waals surface area contributed by atoms with Crippen molar-refractivity contribution in [3.63, 3.8) is 0 Å². The van der Waals surface area contributed by atoms with Crippen molar-refractivity contribution in [3.05, 3.63) is 78.4 Å². The highest BCUT2D eigenvalue weighted by molar-refractivity contribution is 5.86. The van der Waals surface area contributed by atoms with Gasteiger partial charge in [-0.05, 0) is 53.6 Å². The van der Waals surface area contributed by atoms with Gasteiger partial charge < -0.3 is 19.3 Å². The number of carbonyl (C=O) groups excluding carboxylic acids is 1. The maximum Gasteiger partial charge on any atom is 0.260 e. The van der Waals surface area contributed by atoms with E-state index >= 15 is 0 Å². The van der Waals surface area contributed by atoms with Crippen LogP contribution in [0.25, 0.3) is 22.0 Å². The number of rotatable bonds is 6. The number of ether oxygens (including phenoxy) is 2. The summed E-state index contributed by atoms with van der Waals surface area (Å²) in [5, 5.41) is 11.3. The van der Waals surface area contributed by atoms with Crippen molar-refractivity contribution < 1.29 is 14.3 Å². The standard InChI is InChI=1S/C28H28N4O3/c1-20-7-11-25(26(17-20)34-2)35-19-28(33)32-15-13-31(14-16-32)27-12-10-24(29-30-27)23-9-8-21-5-3-4-6-22(21)18-23/h3-12,17-18H,13-16,19H2,1-2H3. The Morgan fingerprint density at radius 3 is 2.40 bits per heavy atom. The van der Waals surface area contributed by atoms with E-state index < -0.39 is 0 Å². The first-order valence-electron chi connectivity index (χ1n) is 11.7. The van der Waals surface area contributed by atoms with Gasteiger partial charge in [-0.2, -0.15) is 0 Å². The van der Waals surface area contributed by atoms with Crippen LogP contribution in [0.15, 0.2) is 72.8 Å². The molecule has 1 fully saturated rings. The van der Waals surface area contributed by atoms with Gasteiger partial charge in [0, 0.05) is 31.7 Å². The largest absolute Gasteiger partial charge is 0.493 e. The van der Waals surface area contributed by atoms with Crippen LogP contribution in [-0.4, -0.2) is 60.9 Å². The van der Waals surface area contributed by atoms with Gasteiger partial charge in [0.1, 0.15) is 0 Å². The van der Waals surface area contributed by atoms with E-state index in [-0.39, 0.29) is 12.5 Å². The minimum atomic E-state index is -0.0370. The van der Waals surface area contributed by atoms with Crippen molar-refractivity contribution >= 4 is 22.5 Å². The molecule has 1 aliphatic heterocycles. The molecule has 1 aromatic heterocycles. The van der Waals surface area contributed by atoms with Crippen LogP contribution in [0.2, 0.25) is 0 Å². The monoisotopic (exact) mass is 468 g/mol. The molecule has 4 aromatic rings. The molecule has 0 unspecified atom stereocenters. The second-order valence-corrected chi connectivity index (χ2v) is 8.65. The van der Waals surface area contributed by atoms with Crippen LogP contribution in [0.3, 0.4) is 0 Å². The number of methoxy groups -OCH3 is 1. The number of hydrogen-bond donors (Lipinski definition) is 0. The molecule has 2 heterocycles. The molecule has 178 valence electrons. The molecule has 0 bridgehead atoms. The van der Waals surface area contributed by atoms with Gasteiger partial charge in [-0.3, -0.25) is 4.79 Å². The van der Waals surface area contributed by atoms with Crippen molar-refractivity contribution in [2.45, 2.75) is 6.92 Å². The summed E-state index contributed by atoms with van der Waals surface area (Å²) in [4.78, 5) is 16.7. The maximum absolute atomic E-state index is 12.7. The molecule has 0 spiro atoms. The lowest BCUT2D eigenvalue weighted by Crippen LogP contribution is -2.50. The van der Waals surface area contributed by atoms with Crippen LogP contribution in [0, 0.1) is 6.92 Å². The smallest absolute Gasteiger partial charge is 0.260 e. The van der Waals surface area contributed by atoms with E-state index in [1.807, 2.05) is 54.3 Å². The molecule has 1 saturated heterocycles. The van der Waals surface area contributed by atoms with Gasteiger partial charge in [0.25, 0.3) is 5.91 Å². The highest BCUT2D eigenvalue weighted by Gasteiger charge is 2.23. The molecule has 7 nitrogen and oxygen atoms in total. The molecular formula is C28H28N4O3. The number of hydrogen-bond acceptors (Lipinski definition) is 6. The van der Waals surface area contributed by atoms with Gasteiger partial charge >= 0.3 is 0 Å². The molecular weight excluding hydrogens is 440 g/mol. The van der Waals surface area contributed by atoms with Crippen LogP contribution in [0.4, 0.5) is 5.82 Å². The SMILES string of the molecule is COc1cc(C)ccc1OCC(=O)N1CCN(c2ccc(-c3ccc4ccccc4c3)nn2)CC1. The molecule has 0 radical (unpaired) electrons. The number of carbonyl (C=O) groups is 1. The maximum atomic E-state index is 12.7. The van der Waals surface area contributed by atoms with Crippen molar-refractivity contribution in [1.82, 2.24) is 15.1 Å². The summed E-state index contributed by atoms with van der Waals surface area (Å²) in [6.45, 7) is 4.59. The highest BCUT2D eigenvalue weighted by atomic mass is 16.5. The van der Waals surface area contributed by atoms with Crippen LogP contribution in [0.1, 0.15) is 5.56 Å². The quantitative estimate of drug-likeness (QED) is 0.419. The lowest BCUT2D eigenvalue weighted by molar-refractivity contribution is -0.133. The summed E-state index contributed by atoms with van der Waals surface area (Å²) in [6.07, 6.45) is 0. The van der Waals surface area contributed by atoms with Crippen molar-refractivity contribution in [2.24, 2.45) is 0 Å². The minimum Gasteiger partial charge on any atom is -0.493 e. The van der Waals surface area contributed by atoms with E-state index in [0.29, 0.717) is 37.7 Å². The van der Waals surface area contributed by atoms with Crippen LogP contribution in [0.5, 0.6) is 11.5 Å². The first-order chi connectivity index (χ1) is 17.1. The molecule has 0 N–H and O–H groups in total. The summed E-state index contributed by atoms with van der Waals surface area (Å²) >= 11 is 0. The summed E-state index contributed by atoms with van der Waals surface area (Å²) < 4.78 is 11.1. The number of amides is 1. The van der Waals surface area contributed by atoms with Gasteiger partial charge in [0.2, 0.25) is 0 Å². The van der Waals surface area contributed by atoms with Crippen molar-refractivity contribution in [2.75, 3.05) is 44.8 Å².